The lowest BCUT2D eigenvalue weighted by molar-refractivity contribution is -0.136. The van der Waals surface area contributed by atoms with E-state index in [9.17, 15) is 9.59 Å². The molecule has 122 valence electrons. The van der Waals surface area contributed by atoms with E-state index in [1.807, 2.05) is 26.0 Å². The van der Waals surface area contributed by atoms with E-state index < -0.39 is 11.6 Å². The number of fused-ring (bicyclic) bond motifs is 1. The van der Waals surface area contributed by atoms with Crippen molar-refractivity contribution in [2.45, 2.75) is 13.8 Å². The molecule has 3 aromatic rings. The highest BCUT2D eigenvalue weighted by Gasteiger charge is 2.09. The zero-order valence-corrected chi connectivity index (χ0v) is 13.4. The molecule has 0 amide bonds. The molecule has 0 aliphatic heterocycles. The van der Waals surface area contributed by atoms with Crippen molar-refractivity contribution in [1.82, 2.24) is 0 Å². The van der Waals surface area contributed by atoms with E-state index in [1.165, 1.54) is 12.1 Å². The molecule has 5 heteroatoms. The summed E-state index contributed by atoms with van der Waals surface area (Å²) in [5.74, 6) is 0.358. The quantitative estimate of drug-likeness (QED) is 0.418. The molecule has 0 N–H and O–H groups in total. The topological polar surface area (TPSA) is 65.7 Å². The van der Waals surface area contributed by atoms with Gasteiger partial charge in [-0.25, -0.2) is 9.59 Å². The average molecular weight is 324 g/mol. The Hall–Kier alpha value is -3.08. The van der Waals surface area contributed by atoms with Crippen LogP contribution in [0.25, 0.3) is 11.0 Å². The SMILES string of the molecule is Cc1ccc(OCC(=O)Oc2ccc3c(C)cc(=O)oc3c2)cc1. The van der Waals surface area contributed by atoms with Crippen LogP contribution in [0.5, 0.6) is 11.5 Å². The Bertz CT molecular complexity index is 938. The lowest BCUT2D eigenvalue weighted by Gasteiger charge is -2.08. The third kappa shape index (κ3) is 3.63. The molecular weight excluding hydrogens is 308 g/mol. The van der Waals surface area contributed by atoms with Gasteiger partial charge in [0.05, 0.1) is 0 Å². The van der Waals surface area contributed by atoms with Crippen LogP contribution in [0, 0.1) is 13.8 Å². The van der Waals surface area contributed by atoms with Gasteiger partial charge in [0.15, 0.2) is 6.61 Å². The summed E-state index contributed by atoms with van der Waals surface area (Å²) in [5.41, 5.74) is 1.86. The van der Waals surface area contributed by atoms with Gasteiger partial charge in [0.2, 0.25) is 0 Å². The molecule has 2 aromatic carbocycles. The van der Waals surface area contributed by atoms with Gasteiger partial charge >= 0.3 is 11.6 Å². The molecule has 0 atom stereocenters. The van der Waals surface area contributed by atoms with Gasteiger partial charge < -0.3 is 13.9 Å². The number of benzene rings is 2. The van der Waals surface area contributed by atoms with Crippen LogP contribution in [-0.4, -0.2) is 12.6 Å². The number of rotatable bonds is 4. The Morgan fingerprint density at radius 2 is 1.71 bits per heavy atom. The van der Waals surface area contributed by atoms with Crippen LogP contribution in [0.4, 0.5) is 0 Å². The predicted molar refractivity (Wildman–Crippen MR) is 89.5 cm³/mol. The molecular formula is C19H16O5. The van der Waals surface area contributed by atoms with Gasteiger partial charge in [-0.2, -0.15) is 0 Å². The van der Waals surface area contributed by atoms with E-state index in [4.69, 9.17) is 13.9 Å². The van der Waals surface area contributed by atoms with Gasteiger partial charge in [0.25, 0.3) is 0 Å². The summed E-state index contributed by atoms with van der Waals surface area (Å²) in [7, 11) is 0. The number of aryl methyl sites for hydroxylation is 2. The maximum atomic E-state index is 11.9. The Labute approximate surface area is 138 Å². The van der Waals surface area contributed by atoms with E-state index in [1.54, 1.807) is 24.3 Å². The summed E-state index contributed by atoms with van der Waals surface area (Å²) in [6.07, 6.45) is 0. The van der Waals surface area contributed by atoms with Crippen LogP contribution in [0.1, 0.15) is 11.1 Å². The molecule has 0 aliphatic rings. The molecule has 0 unspecified atom stereocenters. The van der Waals surface area contributed by atoms with E-state index in [2.05, 4.69) is 0 Å². The van der Waals surface area contributed by atoms with Crippen LogP contribution in [0.2, 0.25) is 0 Å². The van der Waals surface area contributed by atoms with Crippen LogP contribution in [0.15, 0.2) is 57.7 Å². The number of esters is 1. The number of carbonyl (C=O) groups is 1. The zero-order chi connectivity index (χ0) is 17.1. The summed E-state index contributed by atoms with van der Waals surface area (Å²) in [4.78, 5) is 23.3. The first-order valence-corrected chi connectivity index (χ1v) is 7.46. The van der Waals surface area contributed by atoms with Crippen LogP contribution < -0.4 is 15.1 Å². The molecule has 24 heavy (non-hydrogen) atoms. The van der Waals surface area contributed by atoms with Crippen molar-refractivity contribution < 1.29 is 18.7 Å². The van der Waals surface area contributed by atoms with Gasteiger partial charge in [-0.3, -0.25) is 0 Å². The van der Waals surface area contributed by atoms with Gasteiger partial charge in [-0.1, -0.05) is 17.7 Å². The highest BCUT2D eigenvalue weighted by molar-refractivity contribution is 5.82. The van der Waals surface area contributed by atoms with Gasteiger partial charge in [0.1, 0.15) is 17.1 Å². The first kappa shape index (κ1) is 15.8. The Kier molecular flexibility index (Phi) is 4.33. The maximum Gasteiger partial charge on any atom is 0.349 e. The number of hydrogen-bond acceptors (Lipinski definition) is 5. The predicted octanol–water partition coefficient (Wildman–Crippen LogP) is 3.39. The van der Waals surface area contributed by atoms with E-state index >= 15 is 0 Å². The maximum absolute atomic E-state index is 11.9. The third-order valence-corrected chi connectivity index (χ3v) is 3.53. The second-order valence-corrected chi connectivity index (χ2v) is 5.48. The van der Waals surface area contributed by atoms with E-state index in [-0.39, 0.29) is 6.61 Å². The first-order chi connectivity index (χ1) is 11.5. The van der Waals surface area contributed by atoms with Gasteiger partial charge in [0, 0.05) is 17.5 Å². The Balaban J connectivity index is 1.69. The molecule has 0 radical (unpaired) electrons. The molecule has 0 fully saturated rings. The highest BCUT2D eigenvalue weighted by atomic mass is 16.6. The number of hydrogen-bond donors (Lipinski definition) is 0. The molecule has 0 bridgehead atoms. The molecule has 1 aromatic heterocycles. The second-order valence-electron chi connectivity index (χ2n) is 5.48. The minimum absolute atomic E-state index is 0.209. The fraction of sp³-hybridized carbons (Fsp3) is 0.158. The van der Waals surface area contributed by atoms with Crippen LogP contribution >= 0.6 is 0 Å². The number of ether oxygens (including phenoxy) is 2. The number of carbonyl (C=O) groups excluding carboxylic acids is 1. The summed E-state index contributed by atoms with van der Waals surface area (Å²) >= 11 is 0. The summed E-state index contributed by atoms with van der Waals surface area (Å²) in [6.45, 7) is 3.58. The Morgan fingerprint density at radius 1 is 1.00 bits per heavy atom. The standard InChI is InChI=1S/C19H16O5/c1-12-3-5-14(6-4-12)22-11-19(21)23-15-7-8-16-13(2)9-18(20)24-17(16)10-15/h3-10H,11H2,1-2H3. The van der Waals surface area contributed by atoms with Crippen LogP contribution in [-0.2, 0) is 4.79 Å². The van der Waals surface area contributed by atoms with Crippen molar-refractivity contribution in [1.29, 1.82) is 0 Å². The lowest BCUT2D eigenvalue weighted by Crippen LogP contribution is -2.17. The van der Waals surface area contributed by atoms with Crippen molar-refractivity contribution in [3.8, 4) is 11.5 Å². The highest BCUT2D eigenvalue weighted by Crippen LogP contribution is 2.22. The average Bonchev–Trinajstić information content (AvgIpc) is 2.54. The second kappa shape index (κ2) is 6.58. The fourth-order valence-electron chi connectivity index (χ4n) is 2.31. The molecule has 0 saturated carbocycles. The van der Waals surface area contributed by atoms with Crippen LogP contribution in [0.3, 0.4) is 0 Å². The smallest absolute Gasteiger partial charge is 0.349 e. The van der Waals surface area contributed by atoms with E-state index in [0.29, 0.717) is 17.1 Å². The molecule has 1 heterocycles. The van der Waals surface area contributed by atoms with Crippen molar-refractivity contribution in [2.24, 2.45) is 0 Å². The molecule has 0 spiro atoms. The summed E-state index contributed by atoms with van der Waals surface area (Å²) < 4.78 is 15.7. The summed E-state index contributed by atoms with van der Waals surface area (Å²) in [6, 6.07) is 13.7. The zero-order valence-electron chi connectivity index (χ0n) is 13.4. The lowest BCUT2D eigenvalue weighted by atomic mass is 10.1. The molecule has 5 nitrogen and oxygen atoms in total. The third-order valence-electron chi connectivity index (χ3n) is 3.53. The van der Waals surface area contributed by atoms with E-state index in [0.717, 1.165) is 16.5 Å². The largest absolute Gasteiger partial charge is 0.482 e. The molecule has 3 rings (SSSR count). The summed E-state index contributed by atoms with van der Waals surface area (Å²) in [5, 5.41) is 0.797. The van der Waals surface area contributed by atoms with Crippen molar-refractivity contribution in [3.05, 3.63) is 70.1 Å². The minimum atomic E-state index is -0.537. The normalized spacial score (nSPS) is 10.6. The van der Waals surface area contributed by atoms with Crippen molar-refractivity contribution in [2.75, 3.05) is 6.61 Å². The van der Waals surface area contributed by atoms with Crippen molar-refractivity contribution in [3.63, 3.8) is 0 Å². The van der Waals surface area contributed by atoms with Crippen molar-refractivity contribution >= 4 is 16.9 Å². The van der Waals surface area contributed by atoms with Gasteiger partial charge in [-0.15, -0.1) is 0 Å². The van der Waals surface area contributed by atoms with Gasteiger partial charge in [-0.05, 0) is 43.7 Å². The monoisotopic (exact) mass is 324 g/mol. The Morgan fingerprint density at radius 3 is 2.46 bits per heavy atom. The molecule has 0 saturated heterocycles. The first-order valence-electron chi connectivity index (χ1n) is 7.46. The fourth-order valence-corrected chi connectivity index (χ4v) is 2.31. The minimum Gasteiger partial charge on any atom is -0.482 e. The molecule has 0 aliphatic carbocycles.